The minimum absolute atomic E-state index is 0.738. The van der Waals surface area contributed by atoms with E-state index in [1.165, 1.54) is 45.3 Å². The largest absolute Gasteiger partial charge is 0.313 e. The molecule has 2 aliphatic rings. The Morgan fingerprint density at radius 3 is 2.44 bits per heavy atom. The average Bonchev–Trinajstić information content (AvgIpc) is 2.32. The second-order valence-electron chi connectivity index (χ2n) is 7.08. The zero-order valence-electron chi connectivity index (χ0n) is 12.8. The SMILES string of the molecule is CCCNC1CC(C(C)C)CN(C2CC(C)C2)C1. The van der Waals surface area contributed by atoms with Gasteiger partial charge in [-0.05, 0) is 50.0 Å². The van der Waals surface area contributed by atoms with Crippen molar-refractivity contribution in [1.82, 2.24) is 10.2 Å². The summed E-state index contributed by atoms with van der Waals surface area (Å²) in [4.78, 5) is 2.79. The minimum Gasteiger partial charge on any atom is -0.313 e. The second-order valence-corrected chi connectivity index (χ2v) is 7.08. The number of hydrogen-bond donors (Lipinski definition) is 1. The van der Waals surface area contributed by atoms with E-state index < -0.39 is 0 Å². The first-order chi connectivity index (χ1) is 8.60. The molecule has 1 saturated heterocycles. The molecule has 1 N–H and O–H groups in total. The minimum atomic E-state index is 0.738. The maximum atomic E-state index is 3.76. The zero-order valence-corrected chi connectivity index (χ0v) is 12.8. The lowest BCUT2D eigenvalue weighted by atomic mass is 9.77. The van der Waals surface area contributed by atoms with E-state index in [4.69, 9.17) is 0 Å². The molecule has 2 nitrogen and oxygen atoms in total. The van der Waals surface area contributed by atoms with Crippen LogP contribution in [0.3, 0.4) is 0 Å². The van der Waals surface area contributed by atoms with Crippen LogP contribution in [0.15, 0.2) is 0 Å². The Bertz CT molecular complexity index is 245. The molecule has 0 aromatic carbocycles. The quantitative estimate of drug-likeness (QED) is 0.809. The standard InChI is InChI=1S/C16H32N2/c1-5-6-17-15-9-14(12(2)3)10-18(11-15)16-7-13(4)8-16/h12-17H,5-11H2,1-4H3. The first-order valence-electron chi connectivity index (χ1n) is 8.07. The van der Waals surface area contributed by atoms with E-state index in [2.05, 4.69) is 37.9 Å². The van der Waals surface area contributed by atoms with Crippen LogP contribution in [0.4, 0.5) is 0 Å². The fraction of sp³-hybridized carbons (Fsp3) is 1.00. The molecule has 0 aromatic heterocycles. The van der Waals surface area contributed by atoms with Crippen LogP contribution in [0.5, 0.6) is 0 Å². The predicted octanol–water partition coefficient (Wildman–Crippen LogP) is 3.13. The van der Waals surface area contributed by atoms with Gasteiger partial charge in [-0.2, -0.15) is 0 Å². The average molecular weight is 252 g/mol. The maximum absolute atomic E-state index is 3.76. The van der Waals surface area contributed by atoms with E-state index in [1.807, 2.05) is 0 Å². The number of nitrogens with one attached hydrogen (secondary N) is 1. The Morgan fingerprint density at radius 2 is 1.89 bits per heavy atom. The third-order valence-corrected chi connectivity index (χ3v) is 5.00. The Labute approximate surface area is 114 Å². The van der Waals surface area contributed by atoms with Crippen molar-refractivity contribution in [3.05, 3.63) is 0 Å². The van der Waals surface area contributed by atoms with Crippen LogP contribution < -0.4 is 5.32 Å². The van der Waals surface area contributed by atoms with E-state index in [0.717, 1.165) is 29.8 Å². The Balaban J connectivity index is 1.89. The molecule has 2 atom stereocenters. The van der Waals surface area contributed by atoms with Crippen LogP contribution in [0.2, 0.25) is 0 Å². The van der Waals surface area contributed by atoms with Crippen molar-refractivity contribution in [2.75, 3.05) is 19.6 Å². The molecule has 0 aromatic rings. The normalized spacial score (nSPS) is 37.8. The van der Waals surface area contributed by atoms with Gasteiger partial charge in [-0.3, -0.25) is 4.90 Å². The Kier molecular flexibility index (Phi) is 5.08. The summed E-state index contributed by atoms with van der Waals surface area (Å²) in [5.74, 6) is 2.69. The molecular weight excluding hydrogens is 220 g/mol. The van der Waals surface area contributed by atoms with Crippen LogP contribution in [-0.2, 0) is 0 Å². The van der Waals surface area contributed by atoms with E-state index in [9.17, 15) is 0 Å². The number of nitrogens with zero attached hydrogens (tertiary/aromatic N) is 1. The molecule has 1 heterocycles. The van der Waals surface area contributed by atoms with Crippen LogP contribution in [0.1, 0.15) is 53.4 Å². The summed E-state index contributed by atoms with van der Waals surface area (Å²) in [5, 5.41) is 3.76. The summed E-state index contributed by atoms with van der Waals surface area (Å²) in [6, 6.07) is 1.63. The lowest BCUT2D eigenvalue weighted by Gasteiger charge is -2.48. The summed E-state index contributed by atoms with van der Waals surface area (Å²) in [7, 11) is 0. The number of piperidine rings is 1. The lowest BCUT2D eigenvalue weighted by Crippen LogP contribution is -2.56. The number of rotatable bonds is 5. The highest BCUT2D eigenvalue weighted by Crippen LogP contribution is 2.35. The topological polar surface area (TPSA) is 15.3 Å². The molecule has 106 valence electrons. The molecule has 0 spiro atoms. The molecule has 1 saturated carbocycles. The van der Waals surface area contributed by atoms with Crippen molar-refractivity contribution in [3.63, 3.8) is 0 Å². The smallest absolute Gasteiger partial charge is 0.0198 e. The highest BCUT2D eigenvalue weighted by atomic mass is 15.2. The van der Waals surface area contributed by atoms with Gasteiger partial charge in [-0.1, -0.05) is 27.7 Å². The van der Waals surface area contributed by atoms with Gasteiger partial charge in [-0.25, -0.2) is 0 Å². The van der Waals surface area contributed by atoms with Gasteiger partial charge in [0.1, 0.15) is 0 Å². The maximum Gasteiger partial charge on any atom is 0.0198 e. The molecule has 2 fully saturated rings. The molecule has 0 bridgehead atoms. The molecule has 0 amide bonds. The monoisotopic (exact) mass is 252 g/mol. The second kappa shape index (κ2) is 6.38. The zero-order chi connectivity index (χ0) is 13.1. The van der Waals surface area contributed by atoms with Crippen molar-refractivity contribution in [3.8, 4) is 0 Å². The van der Waals surface area contributed by atoms with Crippen LogP contribution in [0, 0.1) is 17.8 Å². The molecule has 1 aliphatic heterocycles. The van der Waals surface area contributed by atoms with Crippen LogP contribution in [0.25, 0.3) is 0 Å². The van der Waals surface area contributed by atoms with Crippen molar-refractivity contribution in [1.29, 1.82) is 0 Å². The van der Waals surface area contributed by atoms with Crippen molar-refractivity contribution in [2.24, 2.45) is 17.8 Å². The number of hydrogen-bond acceptors (Lipinski definition) is 2. The molecular formula is C16H32N2. The third kappa shape index (κ3) is 3.48. The van der Waals surface area contributed by atoms with Gasteiger partial charge < -0.3 is 5.32 Å². The summed E-state index contributed by atoms with van der Waals surface area (Å²) in [6.45, 7) is 13.3. The van der Waals surface area contributed by atoms with Gasteiger partial charge in [0, 0.05) is 25.2 Å². The molecule has 2 unspecified atom stereocenters. The van der Waals surface area contributed by atoms with Crippen molar-refractivity contribution in [2.45, 2.75) is 65.5 Å². The lowest BCUT2D eigenvalue weighted by molar-refractivity contribution is 0.0234. The van der Waals surface area contributed by atoms with Gasteiger partial charge in [0.25, 0.3) is 0 Å². The highest BCUT2D eigenvalue weighted by Gasteiger charge is 2.36. The van der Waals surface area contributed by atoms with Crippen molar-refractivity contribution >= 4 is 0 Å². The fourth-order valence-electron chi connectivity index (χ4n) is 3.61. The molecule has 1 aliphatic carbocycles. The molecule has 18 heavy (non-hydrogen) atoms. The van der Waals surface area contributed by atoms with Gasteiger partial charge in [0.2, 0.25) is 0 Å². The Morgan fingerprint density at radius 1 is 1.17 bits per heavy atom. The van der Waals surface area contributed by atoms with E-state index >= 15 is 0 Å². The van der Waals surface area contributed by atoms with E-state index in [0.29, 0.717) is 0 Å². The highest BCUT2D eigenvalue weighted by molar-refractivity contribution is 4.92. The molecule has 2 rings (SSSR count). The summed E-state index contributed by atoms with van der Waals surface area (Å²) < 4.78 is 0. The first kappa shape index (κ1) is 14.3. The van der Waals surface area contributed by atoms with Crippen LogP contribution >= 0.6 is 0 Å². The number of likely N-dealkylation sites (tertiary alicyclic amines) is 1. The predicted molar refractivity (Wildman–Crippen MR) is 78.8 cm³/mol. The van der Waals surface area contributed by atoms with Crippen LogP contribution in [-0.4, -0.2) is 36.6 Å². The van der Waals surface area contributed by atoms with E-state index in [1.54, 1.807) is 0 Å². The van der Waals surface area contributed by atoms with Crippen molar-refractivity contribution < 1.29 is 0 Å². The van der Waals surface area contributed by atoms with E-state index in [-0.39, 0.29) is 0 Å². The molecule has 0 radical (unpaired) electrons. The summed E-state index contributed by atoms with van der Waals surface area (Å²) in [5.41, 5.74) is 0. The first-order valence-corrected chi connectivity index (χ1v) is 8.07. The van der Waals surface area contributed by atoms with Gasteiger partial charge in [0.15, 0.2) is 0 Å². The summed E-state index contributed by atoms with van der Waals surface area (Å²) in [6.07, 6.45) is 5.51. The van der Waals surface area contributed by atoms with Gasteiger partial charge in [-0.15, -0.1) is 0 Å². The summed E-state index contributed by atoms with van der Waals surface area (Å²) >= 11 is 0. The van der Waals surface area contributed by atoms with Gasteiger partial charge in [0.05, 0.1) is 0 Å². The Hall–Kier alpha value is -0.0800. The molecule has 2 heteroatoms. The van der Waals surface area contributed by atoms with Gasteiger partial charge >= 0.3 is 0 Å². The third-order valence-electron chi connectivity index (χ3n) is 5.00. The fourth-order valence-corrected chi connectivity index (χ4v) is 3.61.